The van der Waals surface area contributed by atoms with E-state index >= 15 is 0 Å². The Morgan fingerprint density at radius 1 is 0.730 bits per heavy atom. The second kappa shape index (κ2) is 9.01. The molecule has 2 aliphatic carbocycles. The van der Waals surface area contributed by atoms with E-state index in [2.05, 4.69) is 30.6 Å². The van der Waals surface area contributed by atoms with Gasteiger partial charge in [-0.3, -0.25) is 4.90 Å². The largest absolute Gasteiger partial charge is 0.416 e. The van der Waals surface area contributed by atoms with Gasteiger partial charge in [0.1, 0.15) is 0 Å². The number of nitrogens with zero attached hydrogens (tertiary/aromatic N) is 2. The Balaban J connectivity index is 0.000000152. The summed E-state index contributed by atoms with van der Waals surface area (Å²) in [6, 6.07) is 12.1. The van der Waals surface area contributed by atoms with Crippen LogP contribution >= 0.6 is 0 Å². The fourth-order valence-electron chi connectivity index (χ4n) is 6.62. The highest BCUT2D eigenvalue weighted by molar-refractivity contribution is 5.40. The van der Waals surface area contributed by atoms with Crippen LogP contribution in [-0.2, 0) is 23.2 Å². The maximum absolute atomic E-state index is 12.6. The van der Waals surface area contributed by atoms with Gasteiger partial charge in [0.05, 0.1) is 11.1 Å². The van der Waals surface area contributed by atoms with Gasteiger partial charge < -0.3 is 4.90 Å². The van der Waals surface area contributed by atoms with Crippen LogP contribution in [0.2, 0.25) is 0 Å². The summed E-state index contributed by atoms with van der Waals surface area (Å²) in [5.41, 5.74) is 1.34. The van der Waals surface area contributed by atoms with Crippen molar-refractivity contribution in [3.05, 3.63) is 70.8 Å². The summed E-state index contributed by atoms with van der Waals surface area (Å²) >= 11 is 0. The van der Waals surface area contributed by atoms with E-state index in [1.54, 1.807) is 24.3 Å². The highest BCUT2D eigenvalue weighted by Gasteiger charge is 2.61. The molecule has 202 valence electrons. The van der Waals surface area contributed by atoms with Crippen LogP contribution in [0.3, 0.4) is 0 Å². The molecule has 2 aromatic carbocycles. The van der Waals surface area contributed by atoms with Crippen molar-refractivity contribution in [1.82, 2.24) is 9.80 Å². The molecule has 0 amide bonds. The first-order chi connectivity index (χ1) is 17.3. The lowest BCUT2D eigenvalue weighted by Gasteiger charge is -2.24. The van der Waals surface area contributed by atoms with E-state index in [1.807, 2.05) is 0 Å². The predicted octanol–water partition coefficient (Wildman–Crippen LogP) is 6.99. The van der Waals surface area contributed by atoms with Crippen LogP contribution in [0.5, 0.6) is 0 Å². The number of hydrogen-bond donors (Lipinski definition) is 0. The van der Waals surface area contributed by atoms with Crippen molar-refractivity contribution < 1.29 is 26.3 Å². The van der Waals surface area contributed by atoms with E-state index in [0.717, 1.165) is 56.7 Å². The molecule has 0 spiro atoms. The van der Waals surface area contributed by atoms with Gasteiger partial charge in [-0.1, -0.05) is 31.2 Å². The van der Waals surface area contributed by atoms with Gasteiger partial charge in [0, 0.05) is 43.1 Å². The van der Waals surface area contributed by atoms with Crippen LogP contribution in [0.1, 0.15) is 55.9 Å². The van der Waals surface area contributed by atoms with Crippen molar-refractivity contribution in [3.8, 4) is 0 Å². The van der Waals surface area contributed by atoms with Crippen molar-refractivity contribution in [3.63, 3.8) is 0 Å². The highest BCUT2D eigenvalue weighted by atomic mass is 19.4. The van der Waals surface area contributed by atoms with Gasteiger partial charge >= 0.3 is 12.4 Å². The predicted molar refractivity (Wildman–Crippen MR) is 131 cm³/mol. The quantitative estimate of drug-likeness (QED) is 0.398. The first kappa shape index (κ1) is 26.5. The summed E-state index contributed by atoms with van der Waals surface area (Å²) < 4.78 is 75.2. The number of alkyl halides is 6. The molecule has 2 heterocycles. The molecule has 0 N–H and O–H groups in total. The molecule has 0 aromatic heterocycles. The minimum Gasteiger partial charge on any atom is -0.302 e. The Hall–Kier alpha value is -2.06. The molecule has 2 saturated carbocycles. The van der Waals surface area contributed by atoms with E-state index in [1.165, 1.54) is 24.3 Å². The van der Waals surface area contributed by atoms with Crippen molar-refractivity contribution in [2.45, 2.75) is 62.8 Å². The van der Waals surface area contributed by atoms with Gasteiger partial charge in [0.2, 0.25) is 0 Å². The average Bonchev–Trinajstić information content (AvgIpc) is 3.65. The minimum absolute atomic E-state index is 0.133. The zero-order valence-electron chi connectivity index (χ0n) is 21.5. The fourth-order valence-corrected chi connectivity index (χ4v) is 6.62. The second-order valence-electron chi connectivity index (χ2n) is 11.6. The Morgan fingerprint density at radius 2 is 1.16 bits per heavy atom. The first-order valence-corrected chi connectivity index (χ1v) is 13.1. The van der Waals surface area contributed by atoms with Crippen molar-refractivity contribution in [2.75, 3.05) is 32.7 Å². The van der Waals surface area contributed by atoms with Gasteiger partial charge in [0.25, 0.3) is 0 Å². The molecule has 37 heavy (non-hydrogen) atoms. The van der Waals surface area contributed by atoms with Gasteiger partial charge in [-0.25, -0.2) is 0 Å². The molecule has 0 radical (unpaired) electrons. The normalized spacial score (nSPS) is 31.1. The number of rotatable bonds is 4. The third kappa shape index (κ3) is 4.91. The third-order valence-electron chi connectivity index (χ3n) is 9.14. The smallest absolute Gasteiger partial charge is 0.302 e. The lowest BCUT2D eigenvalue weighted by molar-refractivity contribution is -0.138. The molecule has 2 saturated heterocycles. The van der Waals surface area contributed by atoms with Crippen LogP contribution in [0, 0.1) is 11.8 Å². The summed E-state index contributed by atoms with van der Waals surface area (Å²) in [6.07, 6.45) is -6.21. The number of piperidine rings is 2. The van der Waals surface area contributed by atoms with Gasteiger partial charge in [-0.15, -0.1) is 0 Å². The minimum atomic E-state index is -4.24. The Bertz CT molecular complexity index is 1110. The molecule has 2 aromatic rings. The van der Waals surface area contributed by atoms with Crippen LogP contribution in [0.15, 0.2) is 48.5 Å². The lowest BCUT2D eigenvalue weighted by atomic mass is 9.94. The number of benzene rings is 2. The van der Waals surface area contributed by atoms with E-state index < -0.39 is 23.5 Å². The van der Waals surface area contributed by atoms with Crippen LogP contribution < -0.4 is 0 Å². The fraction of sp³-hybridized carbons (Fsp3) is 0.586. The van der Waals surface area contributed by atoms with Gasteiger partial charge in [0.15, 0.2) is 0 Å². The van der Waals surface area contributed by atoms with E-state index in [9.17, 15) is 26.3 Å². The van der Waals surface area contributed by atoms with Gasteiger partial charge in [-0.2, -0.15) is 26.3 Å². The zero-order valence-corrected chi connectivity index (χ0v) is 21.5. The molecule has 8 heteroatoms. The molecule has 4 aliphatic rings. The summed E-state index contributed by atoms with van der Waals surface area (Å²) in [5.74, 6) is 1.28. The Morgan fingerprint density at radius 3 is 1.51 bits per heavy atom. The number of fused-ring (bicyclic) bond motifs is 2. The molecule has 0 bridgehead atoms. The number of hydrogen-bond acceptors (Lipinski definition) is 2. The summed E-state index contributed by atoms with van der Waals surface area (Å²) in [5, 5.41) is 0. The monoisotopic (exact) mass is 524 g/mol. The number of halogens is 6. The molecule has 4 fully saturated rings. The first-order valence-electron chi connectivity index (χ1n) is 13.1. The maximum atomic E-state index is 12.6. The van der Waals surface area contributed by atoms with Crippen molar-refractivity contribution in [1.29, 1.82) is 0 Å². The Labute approximate surface area is 214 Å². The van der Waals surface area contributed by atoms with E-state index in [0.29, 0.717) is 17.9 Å². The summed E-state index contributed by atoms with van der Waals surface area (Å²) in [4.78, 5) is 4.80. The van der Waals surface area contributed by atoms with Crippen LogP contribution in [0.4, 0.5) is 26.3 Å². The number of likely N-dealkylation sites (N-methyl/N-ethyl adjacent to an activating group) is 1. The molecule has 4 atom stereocenters. The zero-order chi connectivity index (χ0) is 26.8. The molecular formula is C29H34F6N2. The molecule has 2 aliphatic heterocycles. The molecule has 2 nitrogen and oxygen atoms in total. The van der Waals surface area contributed by atoms with E-state index in [-0.39, 0.29) is 10.8 Å². The molecule has 6 rings (SSSR count). The van der Waals surface area contributed by atoms with Gasteiger partial charge in [-0.05, 0) is 80.5 Å². The van der Waals surface area contributed by atoms with Crippen molar-refractivity contribution >= 4 is 0 Å². The standard InChI is InChI=1S/C15H18F3N.C14H16F3N/c1-10(2)19-8-13-7-14(13,9-19)11-3-5-12(6-4-11)15(16,17)18;1-2-18-8-12-7-13(12,9-18)10-3-5-11(6-4-10)14(15,16)17/h3-6,10,13H,7-9H2,1-2H3;3-6,12H,2,7-9H2,1H3. The Kier molecular flexibility index (Phi) is 6.46. The van der Waals surface area contributed by atoms with Crippen molar-refractivity contribution in [2.24, 2.45) is 11.8 Å². The molecular weight excluding hydrogens is 490 g/mol. The second-order valence-corrected chi connectivity index (χ2v) is 11.6. The highest BCUT2D eigenvalue weighted by Crippen LogP contribution is 2.60. The third-order valence-corrected chi connectivity index (χ3v) is 9.14. The number of likely N-dealkylation sites (tertiary alicyclic amines) is 2. The SMILES string of the molecule is CC(C)N1CC2CC2(c2ccc(C(F)(F)F)cc2)C1.CCN1CC2CC2(c2ccc(C(F)(F)F)cc2)C1. The lowest BCUT2D eigenvalue weighted by Crippen LogP contribution is -2.32. The topological polar surface area (TPSA) is 6.48 Å². The van der Waals surface area contributed by atoms with Crippen LogP contribution in [0.25, 0.3) is 0 Å². The summed E-state index contributed by atoms with van der Waals surface area (Å²) in [7, 11) is 0. The maximum Gasteiger partial charge on any atom is 0.416 e. The van der Waals surface area contributed by atoms with Crippen LogP contribution in [-0.4, -0.2) is 48.6 Å². The molecule has 4 unspecified atom stereocenters. The summed E-state index contributed by atoms with van der Waals surface area (Å²) in [6.45, 7) is 11.7. The average molecular weight is 525 g/mol. The van der Waals surface area contributed by atoms with E-state index in [4.69, 9.17) is 0 Å².